The summed E-state index contributed by atoms with van der Waals surface area (Å²) in [5.41, 5.74) is 1.74. The molecular formula is C16H14Cl2N2O2. The van der Waals surface area contributed by atoms with E-state index in [4.69, 9.17) is 27.6 Å². The molecule has 1 aliphatic rings. The van der Waals surface area contributed by atoms with Gasteiger partial charge in [-0.05, 0) is 29.8 Å². The van der Waals surface area contributed by atoms with Crippen LogP contribution in [0, 0.1) is 0 Å². The van der Waals surface area contributed by atoms with Crippen molar-refractivity contribution in [3.63, 3.8) is 0 Å². The fraction of sp³-hybridized carbons (Fsp3) is 0.250. The number of benzene rings is 1. The number of furan rings is 1. The molecule has 0 radical (unpaired) electrons. The second-order valence-electron chi connectivity index (χ2n) is 4.97. The quantitative estimate of drug-likeness (QED) is 0.784. The molecule has 1 atom stereocenters. The van der Waals surface area contributed by atoms with Crippen molar-refractivity contribution in [2.45, 2.75) is 18.9 Å². The van der Waals surface area contributed by atoms with Gasteiger partial charge < -0.3 is 4.42 Å². The van der Waals surface area contributed by atoms with Crippen molar-refractivity contribution >= 4 is 34.8 Å². The number of rotatable bonds is 4. The van der Waals surface area contributed by atoms with Crippen LogP contribution in [0.15, 0.2) is 52.2 Å². The standard InChI is InChI=1S/C16H14Cl2N2O2/c17-8-7-16(21)20-14(11-3-5-12(18)6-4-11)10-13(19-20)15-2-1-9-22-15/h1-6,9,14H,7-8,10H2/t14-/m0/s1. The lowest BCUT2D eigenvalue weighted by molar-refractivity contribution is -0.132. The van der Waals surface area contributed by atoms with Crippen molar-refractivity contribution in [1.82, 2.24) is 5.01 Å². The van der Waals surface area contributed by atoms with Crippen molar-refractivity contribution in [1.29, 1.82) is 0 Å². The van der Waals surface area contributed by atoms with Crippen LogP contribution < -0.4 is 0 Å². The molecule has 4 nitrogen and oxygen atoms in total. The summed E-state index contributed by atoms with van der Waals surface area (Å²) in [4.78, 5) is 12.3. The predicted molar refractivity (Wildman–Crippen MR) is 86.2 cm³/mol. The van der Waals surface area contributed by atoms with E-state index in [0.717, 1.165) is 11.3 Å². The van der Waals surface area contributed by atoms with Crippen molar-refractivity contribution in [3.05, 3.63) is 59.0 Å². The Morgan fingerprint density at radius 2 is 2.09 bits per heavy atom. The number of alkyl halides is 1. The normalized spacial score (nSPS) is 17.6. The van der Waals surface area contributed by atoms with Crippen molar-refractivity contribution in [2.24, 2.45) is 5.10 Å². The van der Waals surface area contributed by atoms with Gasteiger partial charge in [0.05, 0.1) is 12.3 Å². The summed E-state index contributed by atoms with van der Waals surface area (Å²) in [5.74, 6) is 0.852. The molecule has 6 heteroatoms. The first-order valence-electron chi connectivity index (χ1n) is 6.94. The van der Waals surface area contributed by atoms with Crippen LogP contribution in [0.25, 0.3) is 0 Å². The van der Waals surface area contributed by atoms with E-state index >= 15 is 0 Å². The highest BCUT2D eigenvalue weighted by Gasteiger charge is 2.33. The van der Waals surface area contributed by atoms with Gasteiger partial charge in [0.15, 0.2) is 0 Å². The summed E-state index contributed by atoms with van der Waals surface area (Å²) in [6.45, 7) is 0. The molecule has 0 aliphatic carbocycles. The van der Waals surface area contributed by atoms with Crippen molar-refractivity contribution < 1.29 is 9.21 Å². The topological polar surface area (TPSA) is 45.8 Å². The molecule has 1 amide bonds. The first-order valence-corrected chi connectivity index (χ1v) is 7.85. The second kappa shape index (κ2) is 6.55. The summed E-state index contributed by atoms with van der Waals surface area (Å²) in [6, 6.07) is 10.9. The molecule has 114 valence electrons. The lowest BCUT2D eigenvalue weighted by atomic mass is 10.0. The zero-order valence-electron chi connectivity index (χ0n) is 11.7. The van der Waals surface area contributed by atoms with Crippen molar-refractivity contribution in [2.75, 3.05) is 5.88 Å². The van der Waals surface area contributed by atoms with E-state index in [0.29, 0.717) is 17.2 Å². The first-order chi connectivity index (χ1) is 10.7. The van der Waals surface area contributed by atoms with Gasteiger partial charge in [0.2, 0.25) is 5.91 Å². The molecule has 0 N–H and O–H groups in total. The second-order valence-corrected chi connectivity index (χ2v) is 5.79. The minimum absolute atomic E-state index is 0.100. The fourth-order valence-corrected chi connectivity index (χ4v) is 2.76. The maximum Gasteiger partial charge on any atom is 0.244 e. The van der Waals surface area contributed by atoms with Crippen LogP contribution in [0.3, 0.4) is 0 Å². The zero-order valence-corrected chi connectivity index (χ0v) is 13.2. The van der Waals surface area contributed by atoms with Gasteiger partial charge in [0.1, 0.15) is 11.5 Å². The predicted octanol–water partition coefficient (Wildman–Crippen LogP) is 4.24. The molecule has 2 heterocycles. The molecular weight excluding hydrogens is 323 g/mol. The molecule has 1 aromatic carbocycles. The van der Waals surface area contributed by atoms with Crippen LogP contribution in [0.5, 0.6) is 0 Å². The molecule has 0 unspecified atom stereocenters. The minimum atomic E-state index is -0.159. The molecule has 0 bridgehead atoms. The number of hydrazone groups is 1. The number of carbonyl (C=O) groups excluding carboxylic acids is 1. The van der Waals surface area contributed by atoms with Gasteiger partial charge in [0.25, 0.3) is 0 Å². The molecule has 1 aliphatic heterocycles. The summed E-state index contributed by atoms with van der Waals surface area (Å²) in [5, 5.41) is 6.61. The molecule has 2 aromatic rings. The highest BCUT2D eigenvalue weighted by molar-refractivity contribution is 6.30. The van der Waals surface area contributed by atoms with Crippen LogP contribution in [-0.4, -0.2) is 22.5 Å². The largest absolute Gasteiger partial charge is 0.463 e. The third kappa shape index (κ3) is 3.03. The smallest absolute Gasteiger partial charge is 0.244 e. The SMILES string of the molecule is O=C(CCCl)N1N=C(c2ccco2)C[C@H]1c1ccc(Cl)cc1. The van der Waals surface area contributed by atoms with E-state index in [9.17, 15) is 4.79 Å². The Balaban J connectivity index is 1.91. The molecule has 3 rings (SSSR count). The van der Waals surface area contributed by atoms with Gasteiger partial charge in [0, 0.05) is 23.7 Å². The average molecular weight is 337 g/mol. The average Bonchev–Trinajstić information content (AvgIpc) is 3.17. The Morgan fingerprint density at radius 3 is 2.73 bits per heavy atom. The van der Waals surface area contributed by atoms with Gasteiger partial charge in [-0.25, -0.2) is 5.01 Å². The summed E-state index contributed by atoms with van der Waals surface area (Å²) in [6.07, 6.45) is 2.45. The summed E-state index contributed by atoms with van der Waals surface area (Å²) < 4.78 is 5.39. The molecule has 1 aromatic heterocycles. The van der Waals surface area contributed by atoms with Crippen LogP contribution in [0.1, 0.15) is 30.2 Å². The number of hydrogen-bond donors (Lipinski definition) is 0. The Morgan fingerprint density at radius 1 is 1.32 bits per heavy atom. The lowest BCUT2D eigenvalue weighted by Gasteiger charge is -2.21. The van der Waals surface area contributed by atoms with E-state index in [2.05, 4.69) is 5.10 Å². The number of carbonyl (C=O) groups is 1. The lowest BCUT2D eigenvalue weighted by Crippen LogP contribution is -2.27. The summed E-state index contributed by atoms with van der Waals surface area (Å²) >= 11 is 11.6. The van der Waals surface area contributed by atoms with Gasteiger partial charge in [-0.15, -0.1) is 11.6 Å². The Kier molecular flexibility index (Phi) is 4.50. The first kappa shape index (κ1) is 15.1. The maximum atomic E-state index is 12.3. The highest BCUT2D eigenvalue weighted by atomic mass is 35.5. The third-order valence-corrected chi connectivity index (χ3v) is 3.98. The number of halogens is 2. The highest BCUT2D eigenvalue weighted by Crippen LogP contribution is 2.33. The number of amides is 1. The van der Waals surface area contributed by atoms with Crippen LogP contribution in [0.4, 0.5) is 0 Å². The minimum Gasteiger partial charge on any atom is -0.463 e. The Labute approximate surface area is 138 Å². The van der Waals surface area contributed by atoms with E-state index in [1.165, 1.54) is 5.01 Å². The molecule has 0 saturated carbocycles. The van der Waals surface area contributed by atoms with E-state index in [1.807, 2.05) is 30.3 Å². The van der Waals surface area contributed by atoms with Gasteiger partial charge in [-0.1, -0.05) is 23.7 Å². The Hall–Kier alpha value is -1.78. The van der Waals surface area contributed by atoms with Gasteiger partial charge in [-0.2, -0.15) is 5.10 Å². The molecule has 0 saturated heterocycles. The molecule has 0 fully saturated rings. The van der Waals surface area contributed by atoms with E-state index < -0.39 is 0 Å². The van der Waals surface area contributed by atoms with Gasteiger partial charge in [-0.3, -0.25) is 4.79 Å². The molecule has 0 spiro atoms. The molecule has 22 heavy (non-hydrogen) atoms. The van der Waals surface area contributed by atoms with Gasteiger partial charge >= 0.3 is 0 Å². The van der Waals surface area contributed by atoms with Crippen LogP contribution in [-0.2, 0) is 4.79 Å². The summed E-state index contributed by atoms with van der Waals surface area (Å²) in [7, 11) is 0. The maximum absolute atomic E-state index is 12.3. The monoisotopic (exact) mass is 336 g/mol. The van der Waals surface area contributed by atoms with Crippen LogP contribution in [0.2, 0.25) is 5.02 Å². The van der Waals surface area contributed by atoms with Crippen LogP contribution >= 0.6 is 23.2 Å². The number of nitrogens with zero attached hydrogens (tertiary/aromatic N) is 2. The van der Waals surface area contributed by atoms with Crippen molar-refractivity contribution in [3.8, 4) is 0 Å². The third-order valence-electron chi connectivity index (χ3n) is 3.53. The fourth-order valence-electron chi connectivity index (χ4n) is 2.47. The Bertz CT molecular complexity index is 681. The van der Waals surface area contributed by atoms with E-state index in [-0.39, 0.29) is 24.2 Å². The number of hydrogen-bond acceptors (Lipinski definition) is 3. The van der Waals surface area contributed by atoms with E-state index in [1.54, 1.807) is 12.3 Å². The zero-order chi connectivity index (χ0) is 15.5.